The number of sulfonamides is 1. The number of nitrogen functional groups attached to an aromatic ring is 1. The van der Waals surface area contributed by atoms with Crippen LogP contribution in [0.2, 0.25) is 0 Å². The Balaban J connectivity index is 3.15. The fourth-order valence-electron chi connectivity index (χ4n) is 1.05. The molecule has 0 heterocycles. The molecule has 0 aliphatic carbocycles. The molecule has 17 heavy (non-hydrogen) atoms. The Hall–Kier alpha value is -0.920. The molecule has 1 aromatic carbocycles. The third-order valence-corrected chi connectivity index (χ3v) is 4.01. The summed E-state index contributed by atoms with van der Waals surface area (Å²) in [5.41, 5.74) is 6.30. The Morgan fingerprint density at radius 1 is 1.59 bits per heavy atom. The molecule has 0 aliphatic heterocycles. The van der Waals surface area contributed by atoms with Gasteiger partial charge in [0.2, 0.25) is 10.0 Å². The molecule has 1 rings (SSSR count). The summed E-state index contributed by atoms with van der Waals surface area (Å²) >= 11 is 3.01. The number of hydrogen-bond acceptors (Lipinski definition) is 3. The van der Waals surface area contributed by atoms with E-state index in [4.69, 9.17) is 5.73 Å². The third-order valence-electron chi connectivity index (χ3n) is 1.90. The van der Waals surface area contributed by atoms with E-state index in [1.165, 1.54) is 0 Å². The lowest BCUT2D eigenvalue weighted by atomic mass is 10.3. The normalized spacial score (nSPS) is 11.5. The minimum atomic E-state index is -3.91. The summed E-state index contributed by atoms with van der Waals surface area (Å²) in [4.78, 5) is -0.473. The number of hydrogen-bond donors (Lipinski definition) is 2. The first-order valence-corrected chi connectivity index (χ1v) is 6.90. The van der Waals surface area contributed by atoms with E-state index >= 15 is 0 Å². The van der Waals surface area contributed by atoms with E-state index in [1.54, 1.807) is 6.92 Å². The lowest BCUT2D eigenvalue weighted by Crippen LogP contribution is -2.26. The van der Waals surface area contributed by atoms with Gasteiger partial charge in [0.15, 0.2) is 0 Å². The number of halogens is 2. The highest BCUT2D eigenvalue weighted by Crippen LogP contribution is 2.25. The van der Waals surface area contributed by atoms with Crippen LogP contribution in [0.5, 0.6) is 0 Å². The van der Waals surface area contributed by atoms with Gasteiger partial charge in [-0.05, 0) is 35.0 Å². The van der Waals surface area contributed by atoms with Crippen LogP contribution in [-0.2, 0) is 10.0 Å². The van der Waals surface area contributed by atoms with Gasteiger partial charge in [0.1, 0.15) is 10.7 Å². The Labute approximate surface area is 108 Å². The van der Waals surface area contributed by atoms with Crippen LogP contribution < -0.4 is 10.5 Å². The number of nitrogens with two attached hydrogens (primary N) is 1. The molecule has 3 N–H and O–H groups in total. The zero-order valence-electron chi connectivity index (χ0n) is 9.13. The largest absolute Gasteiger partial charge is 0.398 e. The molecule has 4 nitrogen and oxygen atoms in total. The molecule has 0 fully saturated rings. The molecule has 0 aromatic heterocycles. The molecule has 0 aliphatic rings. The maximum atomic E-state index is 13.5. The summed E-state index contributed by atoms with van der Waals surface area (Å²) in [7, 11) is -3.91. The topological polar surface area (TPSA) is 72.2 Å². The fraction of sp³-hybridized carbons (Fsp3) is 0.200. The van der Waals surface area contributed by atoms with Crippen molar-refractivity contribution in [2.24, 2.45) is 0 Å². The molecular weight excluding hydrogens is 311 g/mol. The predicted octanol–water partition coefficient (Wildman–Crippen LogP) is 2.02. The zero-order valence-corrected chi connectivity index (χ0v) is 11.5. The van der Waals surface area contributed by atoms with Crippen molar-refractivity contribution >= 4 is 31.6 Å². The van der Waals surface area contributed by atoms with Crippen molar-refractivity contribution in [2.75, 3.05) is 12.3 Å². The maximum Gasteiger partial charge on any atom is 0.243 e. The van der Waals surface area contributed by atoms with Gasteiger partial charge in [-0.25, -0.2) is 17.5 Å². The Morgan fingerprint density at radius 2 is 2.18 bits per heavy atom. The van der Waals surface area contributed by atoms with Gasteiger partial charge in [0.25, 0.3) is 0 Å². The minimum absolute atomic E-state index is 0.0533. The molecule has 0 spiro atoms. The van der Waals surface area contributed by atoms with E-state index in [9.17, 15) is 12.8 Å². The summed E-state index contributed by atoms with van der Waals surface area (Å²) in [6, 6.07) is 2.09. The second kappa shape index (κ2) is 5.16. The number of benzene rings is 1. The number of anilines is 1. The summed E-state index contributed by atoms with van der Waals surface area (Å²) in [6.45, 7) is 5.27. The van der Waals surface area contributed by atoms with Crippen LogP contribution in [0, 0.1) is 5.82 Å². The van der Waals surface area contributed by atoms with Gasteiger partial charge in [0.05, 0.1) is 0 Å². The van der Waals surface area contributed by atoms with Gasteiger partial charge < -0.3 is 5.73 Å². The molecule has 0 unspecified atom stereocenters. The first-order chi connectivity index (χ1) is 7.74. The van der Waals surface area contributed by atoms with Crippen molar-refractivity contribution in [1.29, 1.82) is 0 Å². The van der Waals surface area contributed by atoms with E-state index in [2.05, 4.69) is 27.2 Å². The lowest BCUT2D eigenvalue weighted by molar-refractivity contribution is 0.559. The highest BCUT2D eigenvalue weighted by molar-refractivity contribution is 9.10. The molecule has 0 saturated carbocycles. The second-order valence-electron chi connectivity index (χ2n) is 3.59. The fourth-order valence-corrected chi connectivity index (χ4v) is 2.55. The van der Waals surface area contributed by atoms with E-state index in [1.807, 2.05) is 0 Å². The predicted molar refractivity (Wildman–Crippen MR) is 68.5 cm³/mol. The van der Waals surface area contributed by atoms with Gasteiger partial charge in [-0.1, -0.05) is 12.2 Å². The second-order valence-corrected chi connectivity index (χ2v) is 6.18. The molecule has 0 atom stereocenters. The first kappa shape index (κ1) is 14.1. The van der Waals surface area contributed by atoms with Gasteiger partial charge in [0, 0.05) is 16.7 Å². The molecule has 94 valence electrons. The van der Waals surface area contributed by atoms with E-state index in [-0.39, 0.29) is 12.2 Å². The quantitative estimate of drug-likeness (QED) is 0.658. The van der Waals surface area contributed by atoms with Crippen molar-refractivity contribution in [2.45, 2.75) is 11.8 Å². The number of nitrogens with one attached hydrogen (secondary N) is 1. The maximum absolute atomic E-state index is 13.5. The summed E-state index contributed by atoms with van der Waals surface area (Å²) < 4.78 is 39.6. The lowest BCUT2D eigenvalue weighted by Gasteiger charge is -2.09. The Bertz CT molecular complexity index is 558. The molecule has 0 amide bonds. The number of rotatable bonds is 4. The summed E-state index contributed by atoms with van der Waals surface area (Å²) in [5.74, 6) is -0.861. The van der Waals surface area contributed by atoms with Crippen LogP contribution in [0.25, 0.3) is 0 Å². The van der Waals surface area contributed by atoms with Crippen molar-refractivity contribution in [3.05, 3.63) is 34.6 Å². The zero-order chi connectivity index (χ0) is 13.2. The van der Waals surface area contributed by atoms with Crippen LogP contribution in [0.1, 0.15) is 6.92 Å². The van der Waals surface area contributed by atoms with E-state index in [0.717, 1.165) is 12.1 Å². The highest BCUT2D eigenvalue weighted by atomic mass is 79.9. The van der Waals surface area contributed by atoms with Crippen molar-refractivity contribution in [3.63, 3.8) is 0 Å². The van der Waals surface area contributed by atoms with Crippen LogP contribution in [-0.4, -0.2) is 15.0 Å². The molecule has 7 heteroatoms. The van der Waals surface area contributed by atoms with Crippen LogP contribution >= 0.6 is 15.9 Å². The summed E-state index contributed by atoms with van der Waals surface area (Å²) in [6.07, 6.45) is 0. The van der Waals surface area contributed by atoms with Crippen molar-refractivity contribution in [3.8, 4) is 0 Å². The standard InChI is InChI=1S/C10H12BrFN2O2S/c1-6(2)5-14-17(15,16)10-4-9(13)7(11)3-8(10)12/h3-4,14H,1,5,13H2,2H3. The van der Waals surface area contributed by atoms with E-state index in [0.29, 0.717) is 10.0 Å². The highest BCUT2D eigenvalue weighted by Gasteiger charge is 2.20. The molecule has 1 aromatic rings. The van der Waals surface area contributed by atoms with Gasteiger partial charge in [-0.2, -0.15) is 0 Å². The monoisotopic (exact) mass is 322 g/mol. The average molecular weight is 323 g/mol. The third kappa shape index (κ3) is 3.52. The Kier molecular flexibility index (Phi) is 4.29. The van der Waals surface area contributed by atoms with Gasteiger partial charge in [-0.3, -0.25) is 0 Å². The van der Waals surface area contributed by atoms with E-state index < -0.39 is 20.7 Å². The molecule has 0 saturated heterocycles. The van der Waals surface area contributed by atoms with Crippen molar-refractivity contribution < 1.29 is 12.8 Å². The molecule has 0 radical (unpaired) electrons. The van der Waals surface area contributed by atoms with Crippen LogP contribution in [0.15, 0.2) is 33.7 Å². The molecular formula is C10H12BrFN2O2S. The molecule has 0 bridgehead atoms. The average Bonchev–Trinajstić information content (AvgIpc) is 2.20. The van der Waals surface area contributed by atoms with Crippen molar-refractivity contribution in [1.82, 2.24) is 4.72 Å². The van der Waals surface area contributed by atoms with Crippen LogP contribution in [0.4, 0.5) is 10.1 Å². The first-order valence-electron chi connectivity index (χ1n) is 4.62. The van der Waals surface area contributed by atoms with Crippen LogP contribution in [0.3, 0.4) is 0 Å². The van der Waals surface area contributed by atoms with Gasteiger partial charge >= 0.3 is 0 Å². The Morgan fingerprint density at radius 3 is 2.71 bits per heavy atom. The SMILES string of the molecule is C=C(C)CNS(=O)(=O)c1cc(N)c(Br)cc1F. The van der Waals surface area contributed by atoms with Gasteiger partial charge in [-0.15, -0.1) is 0 Å². The smallest absolute Gasteiger partial charge is 0.243 e. The summed E-state index contributed by atoms with van der Waals surface area (Å²) in [5, 5.41) is 0. The minimum Gasteiger partial charge on any atom is -0.398 e.